The maximum absolute atomic E-state index is 11.2. The summed E-state index contributed by atoms with van der Waals surface area (Å²) in [6.07, 6.45) is -1.01. The van der Waals surface area contributed by atoms with Crippen LogP contribution in [-0.2, 0) is 5.54 Å². The average Bonchev–Trinajstić information content (AvgIpc) is 2.87. The third-order valence-corrected chi connectivity index (χ3v) is 4.08. The molecule has 0 aromatic heterocycles. The lowest BCUT2D eigenvalue weighted by atomic mass is 9.74. The topological polar surface area (TPSA) is 67.9 Å². The molecule has 0 saturated carbocycles. The number of hydrogen-bond donors (Lipinski definition) is 0. The quantitative estimate of drug-likeness (QED) is 0.636. The van der Waals surface area contributed by atoms with E-state index in [-0.39, 0.29) is 10.8 Å². The molecule has 2 atom stereocenters. The minimum absolute atomic E-state index is 0.350. The average molecular weight is 281 g/mol. The number of nitro groups is 1. The van der Waals surface area contributed by atoms with Crippen molar-refractivity contribution in [2.75, 3.05) is 0 Å². The summed E-state index contributed by atoms with van der Waals surface area (Å²) in [6, 6.07) is 19.3. The molecule has 0 spiro atoms. The first-order valence-corrected chi connectivity index (χ1v) is 6.83. The van der Waals surface area contributed by atoms with Crippen molar-refractivity contribution in [1.29, 1.82) is 0 Å². The van der Waals surface area contributed by atoms with Crippen LogP contribution in [0.2, 0.25) is 0 Å². The highest BCUT2D eigenvalue weighted by Gasteiger charge is 2.53. The zero-order valence-corrected chi connectivity index (χ0v) is 11.6. The van der Waals surface area contributed by atoms with Gasteiger partial charge in [0.25, 0.3) is 0 Å². The molecule has 5 nitrogen and oxygen atoms in total. The molecule has 1 aliphatic heterocycles. The largest absolute Gasteiger partial charge is 0.326 e. The van der Waals surface area contributed by atoms with Crippen LogP contribution >= 0.6 is 0 Å². The van der Waals surface area contributed by atoms with Gasteiger partial charge >= 0.3 is 6.17 Å². The van der Waals surface area contributed by atoms with Crippen molar-refractivity contribution < 1.29 is 4.92 Å². The fourth-order valence-corrected chi connectivity index (χ4v) is 2.97. The van der Waals surface area contributed by atoms with Gasteiger partial charge in [0.05, 0.1) is 5.92 Å². The zero-order valence-electron chi connectivity index (χ0n) is 11.6. The van der Waals surface area contributed by atoms with Crippen LogP contribution in [0.1, 0.15) is 18.1 Å². The standard InChI is InChI=1S/C16H15N3O2/c1-12-15(19(20)21)17-18-16(12,13-8-4-2-5-9-13)14-10-6-3-7-11-14/h2-12,15H,1H3. The van der Waals surface area contributed by atoms with Gasteiger partial charge in [-0.15, -0.1) is 5.11 Å². The van der Waals surface area contributed by atoms with E-state index in [1.807, 2.05) is 67.6 Å². The second kappa shape index (κ2) is 5.09. The molecule has 0 aliphatic carbocycles. The van der Waals surface area contributed by atoms with Gasteiger partial charge in [0, 0.05) is 4.92 Å². The Labute approximate surface area is 122 Å². The van der Waals surface area contributed by atoms with Crippen LogP contribution in [0.15, 0.2) is 70.9 Å². The van der Waals surface area contributed by atoms with Gasteiger partial charge in [0.1, 0.15) is 5.54 Å². The van der Waals surface area contributed by atoms with E-state index >= 15 is 0 Å². The second-order valence-electron chi connectivity index (χ2n) is 5.20. The summed E-state index contributed by atoms with van der Waals surface area (Å²) < 4.78 is 0. The highest BCUT2D eigenvalue weighted by atomic mass is 16.6. The summed E-state index contributed by atoms with van der Waals surface area (Å²) in [6.45, 7) is 1.84. The molecule has 2 aromatic carbocycles. The lowest BCUT2D eigenvalue weighted by Gasteiger charge is -2.30. The third-order valence-electron chi connectivity index (χ3n) is 4.08. The van der Waals surface area contributed by atoms with E-state index < -0.39 is 11.7 Å². The van der Waals surface area contributed by atoms with Crippen LogP contribution in [0.25, 0.3) is 0 Å². The Morgan fingerprint density at radius 3 is 1.86 bits per heavy atom. The van der Waals surface area contributed by atoms with Gasteiger partial charge in [0.15, 0.2) is 0 Å². The molecular weight excluding hydrogens is 266 g/mol. The molecule has 0 N–H and O–H groups in total. The fourth-order valence-electron chi connectivity index (χ4n) is 2.97. The van der Waals surface area contributed by atoms with Crippen molar-refractivity contribution >= 4 is 0 Å². The van der Waals surface area contributed by atoms with Crippen LogP contribution < -0.4 is 0 Å². The summed E-state index contributed by atoms with van der Waals surface area (Å²) in [4.78, 5) is 10.9. The summed E-state index contributed by atoms with van der Waals surface area (Å²) in [7, 11) is 0. The van der Waals surface area contributed by atoms with Crippen LogP contribution in [0.3, 0.4) is 0 Å². The monoisotopic (exact) mass is 281 g/mol. The summed E-state index contributed by atoms with van der Waals surface area (Å²) >= 11 is 0. The van der Waals surface area contributed by atoms with E-state index in [9.17, 15) is 10.1 Å². The molecule has 0 bridgehead atoms. The second-order valence-corrected chi connectivity index (χ2v) is 5.20. The molecular formula is C16H15N3O2. The maximum Gasteiger partial charge on any atom is 0.326 e. The van der Waals surface area contributed by atoms with Gasteiger partial charge < -0.3 is 0 Å². The summed E-state index contributed by atoms with van der Waals surface area (Å²) in [5, 5.41) is 19.5. The third kappa shape index (κ3) is 2.01. The number of azo groups is 1. The van der Waals surface area contributed by atoms with Gasteiger partial charge in [-0.1, -0.05) is 67.6 Å². The van der Waals surface area contributed by atoms with E-state index in [2.05, 4.69) is 10.2 Å². The first kappa shape index (κ1) is 13.4. The normalized spacial score (nSPS) is 23.1. The van der Waals surface area contributed by atoms with E-state index in [4.69, 9.17) is 0 Å². The Morgan fingerprint density at radius 1 is 1.00 bits per heavy atom. The van der Waals surface area contributed by atoms with Crippen molar-refractivity contribution in [1.82, 2.24) is 0 Å². The lowest BCUT2D eigenvalue weighted by Crippen LogP contribution is -2.37. The van der Waals surface area contributed by atoms with Gasteiger partial charge in [-0.3, -0.25) is 10.1 Å². The minimum atomic E-state index is -1.01. The first-order chi connectivity index (χ1) is 10.2. The predicted molar refractivity (Wildman–Crippen MR) is 78.5 cm³/mol. The van der Waals surface area contributed by atoms with Crippen molar-refractivity contribution in [2.24, 2.45) is 16.1 Å². The van der Waals surface area contributed by atoms with E-state index in [1.54, 1.807) is 0 Å². The highest BCUT2D eigenvalue weighted by molar-refractivity contribution is 5.40. The molecule has 3 rings (SSSR count). The zero-order chi connectivity index (χ0) is 14.9. The first-order valence-electron chi connectivity index (χ1n) is 6.83. The van der Waals surface area contributed by atoms with Crippen LogP contribution in [0.4, 0.5) is 0 Å². The molecule has 0 fully saturated rings. The fraction of sp³-hybridized carbons (Fsp3) is 0.250. The molecule has 1 heterocycles. The Hall–Kier alpha value is -2.56. The van der Waals surface area contributed by atoms with Gasteiger partial charge in [-0.25, -0.2) is 0 Å². The summed E-state index contributed by atoms with van der Waals surface area (Å²) in [5.41, 5.74) is 1.06. The van der Waals surface area contributed by atoms with Gasteiger partial charge in [-0.2, -0.15) is 5.11 Å². The Kier molecular flexibility index (Phi) is 3.25. The predicted octanol–water partition coefficient (Wildman–Crippen LogP) is 3.63. The van der Waals surface area contributed by atoms with Crippen molar-refractivity contribution in [3.63, 3.8) is 0 Å². The molecule has 106 valence electrons. The summed E-state index contributed by atoms with van der Waals surface area (Å²) in [5.74, 6) is -0.350. The molecule has 1 aliphatic rings. The maximum atomic E-state index is 11.2. The SMILES string of the molecule is CC1C([N+](=O)[O-])N=NC1(c1ccccc1)c1ccccc1. The number of nitrogens with zero attached hydrogens (tertiary/aromatic N) is 3. The molecule has 0 amide bonds. The van der Waals surface area contributed by atoms with Crippen molar-refractivity contribution in [2.45, 2.75) is 18.6 Å². The minimum Gasteiger partial charge on any atom is -0.262 e. The lowest BCUT2D eigenvalue weighted by molar-refractivity contribution is -0.528. The number of benzene rings is 2. The smallest absolute Gasteiger partial charge is 0.262 e. The van der Waals surface area contributed by atoms with Gasteiger partial charge in [-0.05, 0) is 11.1 Å². The molecule has 0 radical (unpaired) electrons. The van der Waals surface area contributed by atoms with E-state index in [0.717, 1.165) is 11.1 Å². The van der Waals surface area contributed by atoms with Gasteiger partial charge in [0.2, 0.25) is 0 Å². The highest BCUT2D eigenvalue weighted by Crippen LogP contribution is 2.47. The van der Waals surface area contributed by atoms with Crippen molar-refractivity contribution in [3.8, 4) is 0 Å². The van der Waals surface area contributed by atoms with E-state index in [1.165, 1.54) is 0 Å². The number of rotatable bonds is 3. The van der Waals surface area contributed by atoms with Crippen LogP contribution in [0.5, 0.6) is 0 Å². The van der Waals surface area contributed by atoms with E-state index in [0.29, 0.717) is 0 Å². The molecule has 2 aromatic rings. The Balaban J connectivity index is 2.19. The van der Waals surface area contributed by atoms with Crippen LogP contribution in [0, 0.1) is 16.0 Å². The van der Waals surface area contributed by atoms with Crippen LogP contribution in [-0.4, -0.2) is 11.1 Å². The molecule has 2 unspecified atom stereocenters. The molecule has 0 saturated heterocycles. The molecule has 5 heteroatoms. The molecule has 21 heavy (non-hydrogen) atoms. The van der Waals surface area contributed by atoms with Crippen molar-refractivity contribution in [3.05, 3.63) is 81.9 Å². The Morgan fingerprint density at radius 2 is 1.48 bits per heavy atom. The number of hydrogen-bond acceptors (Lipinski definition) is 4. The Bertz CT molecular complexity index is 631.